The van der Waals surface area contributed by atoms with Crippen molar-refractivity contribution in [2.45, 2.75) is 30.1 Å². The minimum Gasteiger partial charge on any atom is -0.354 e. The Hall–Kier alpha value is -1.18. The van der Waals surface area contributed by atoms with Gasteiger partial charge in [-0.3, -0.25) is 4.79 Å². The van der Waals surface area contributed by atoms with Gasteiger partial charge in [0.2, 0.25) is 5.91 Å². The second-order valence-electron chi connectivity index (χ2n) is 5.52. The van der Waals surface area contributed by atoms with Gasteiger partial charge in [-0.1, -0.05) is 59.0 Å². The summed E-state index contributed by atoms with van der Waals surface area (Å²) in [7, 11) is 3.13. The first-order valence-corrected chi connectivity index (χ1v) is 8.72. The van der Waals surface area contributed by atoms with Crippen molar-refractivity contribution in [3.8, 4) is 0 Å². The van der Waals surface area contributed by atoms with Crippen LogP contribution in [0.2, 0.25) is 0 Å². The van der Waals surface area contributed by atoms with E-state index in [-0.39, 0.29) is 15.9 Å². The number of hydrogen-bond donors (Lipinski definition) is 1. The van der Waals surface area contributed by atoms with E-state index in [1.165, 1.54) is 0 Å². The molecule has 1 N–H and O–H groups in total. The smallest absolute Gasteiger partial charge is 0.237 e. The largest absolute Gasteiger partial charge is 0.354 e. The molecule has 0 aliphatic rings. The summed E-state index contributed by atoms with van der Waals surface area (Å²) in [4.78, 5) is 12.7. The van der Waals surface area contributed by atoms with Gasteiger partial charge in [-0.15, -0.1) is 0 Å². The molecule has 2 atom stereocenters. The average Bonchev–Trinajstić information content (AvgIpc) is 2.55. The Kier molecular flexibility index (Phi) is 6.38. The fourth-order valence-corrected chi connectivity index (χ4v) is 3.75. The zero-order chi connectivity index (χ0) is 17.0. The van der Waals surface area contributed by atoms with E-state index < -0.39 is 6.29 Å². The third kappa shape index (κ3) is 4.02. The molecular formula is C18H22INO3. The number of halogens is 1. The van der Waals surface area contributed by atoms with Gasteiger partial charge in [0, 0.05) is 14.2 Å². The maximum atomic E-state index is 12.7. The van der Waals surface area contributed by atoms with Crippen molar-refractivity contribution in [2.24, 2.45) is 0 Å². The van der Waals surface area contributed by atoms with Crippen LogP contribution in [0.15, 0.2) is 36.4 Å². The lowest BCUT2D eigenvalue weighted by Gasteiger charge is -2.24. The highest BCUT2D eigenvalue weighted by molar-refractivity contribution is 14.1. The molecule has 0 heterocycles. The molecule has 2 unspecified atom stereocenters. The van der Waals surface area contributed by atoms with E-state index in [0.29, 0.717) is 0 Å². The number of benzene rings is 2. The Morgan fingerprint density at radius 2 is 1.78 bits per heavy atom. The van der Waals surface area contributed by atoms with Gasteiger partial charge in [-0.25, -0.2) is 0 Å². The van der Waals surface area contributed by atoms with Crippen LogP contribution in [0.4, 0.5) is 0 Å². The Morgan fingerprint density at radius 1 is 1.13 bits per heavy atom. The number of methoxy groups -OCH3 is 2. The van der Waals surface area contributed by atoms with E-state index in [4.69, 9.17) is 9.47 Å². The summed E-state index contributed by atoms with van der Waals surface area (Å²) in [6.45, 7) is 3.91. The van der Waals surface area contributed by atoms with Gasteiger partial charge in [-0.2, -0.15) is 0 Å². The summed E-state index contributed by atoms with van der Waals surface area (Å²) in [6.07, 6.45) is -0.462. The summed E-state index contributed by atoms with van der Waals surface area (Å²) >= 11 is 2.19. The number of aryl methyl sites for hydroxylation is 1. The third-order valence-corrected chi connectivity index (χ3v) is 5.10. The van der Waals surface area contributed by atoms with Crippen molar-refractivity contribution in [1.29, 1.82) is 0 Å². The molecular weight excluding hydrogens is 405 g/mol. The molecule has 4 nitrogen and oxygen atoms in total. The zero-order valence-corrected chi connectivity index (χ0v) is 16.0. The molecule has 0 aliphatic heterocycles. The molecule has 2 rings (SSSR count). The highest BCUT2D eigenvalue weighted by Gasteiger charge is 2.25. The molecule has 2 aromatic carbocycles. The first kappa shape index (κ1) is 18.2. The lowest BCUT2D eigenvalue weighted by atomic mass is 9.97. The van der Waals surface area contributed by atoms with Crippen molar-refractivity contribution in [3.63, 3.8) is 0 Å². The zero-order valence-electron chi connectivity index (χ0n) is 13.8. The molecule has 0 aliphatic carbocycles. The summed E-state index contributed by atoms with van der Waals surface area (Å²) in [5.41, 5.74) is 2.17. The lowest BCUT2D eigenvalue weighted by Crippen LogP contribution is -2.44. The predicted molar refractivity (Wildman–Crippen MR) is 101 cm³/mol. The van der Waals surface area contributed by atoms with Crippen LogP contribution in [0.25, 0.3) is 10.8 Å². The van der Waals surface area contributed by atoms with E-state index in [9.17, 15) is 4.79 Å². The highest BCUT2D eigenvalue weighted by atomic mass is 127. The van der Waals surface area contributed by atoms with E-state index in [0.717, 1.165) is 21.9 Å². The molecule has 0 bridgehead atoms. The quantitative estimate of drug-likeness (QED) is 0.434. The molecule has 0 saturated heterocycles. The van der Waals surface area contributed by atoms with Gasteiger partial charge < -0.3 is 14.8 Å². The molecule has 2 aromatic rings. The molecule has 0 fully saturated rings. The van der Waals surface area contributed by atoms with Crippen LogP contribution in [-0.4, -0.2) is 32.5 Å². The minimum atomic E-state index is -0.462. The molecule has 0 aromatic heterocycles. The Labute approximate surface area is 150 Å². The number of ether oxygens (including phenoxy) is 2. The number of carbonyl (C=O) groups is 1. The number of nitrogens with one attached hydrogen (secondary N) is 1. The van der Waals surface area contributed by atoms with Crippen LogP contribution in [0.3, 0.4) is 0 Å². The number of rotatable bonds is 6. The number of carbonyl (C=O) groups excluding carboxylic acids is 1. The number of alkyl halides is 1. The SMILES string of the molecule is COC(OC)C(C)NC(=O)C(I)c1c(C)ccc2ccccc12. The topological polar surface area (TPSA) is 47.6 Å². The van der Waals surface area contributed by atoms with Crippen molar-refractivity contribution in [2.75, 3.05) is 14.2 Å². The first-order chi connectivity index (χ1) is 11.0. The second-order valence-corrected chi connectivity index (χ2v) is 6.76. The second kappa shape index (κ2) is 8.08. The molecule has 1 amide bonds. The van der Waals surface area contributed by atoms with Gasteiger partial charge in [0.05, 0.1) is 6.04 Å². The van der Waals surface area contributed by atoms with Crippen LogP contribution >= 0.6 is 22.6 Å². The van der Waals surface area contributed by atoms with E-state index in [1.54, 1.807) is 14.2 Å². The summed E-state index contributed by atoms with van der Waals surface area (Å²) in [6, 6.07) is 12.1. The Morgan fingerprint density at radius 3 is 2.43 bits per heavy atom. The van der Waals surface area contributed by atoms with Gasteiger partial charge in [0.15, 0.2) is 6.29 Å². The third-order valence-electron chi connectivity index (χ3n) is 3.92. The molecule has 23 heavy (non-hydrogen) atoms. The average molecular weight is 427 g/mol. The number of amides is 1. The van der Waals surface area contributed by atoms with Crippen LogP contribution in [0, 0.1) is 6.92 Å². The lowest BCUT2D eigenvalue weighted by molar-refractivity contribution is -0.135. The fraction of sp³-hybridized carbons (Fsp3) is 0.389. The molecule has 124 valence electrons. The molecule has 0 radical (unpaired) electrons. The van der Waals surface area contributed by atoms with Crippen LogP contribution < -0.4 is 5.32 Å². The fourth-order valence-electron chi connectivity index (χ4n) is 2.74. The maximum absolute atomic E-state index is 12.7. The highest BCUT2D eigenvalue weighted by Crippen LogP contribution is 2.33. The number of hydrogen-bond acceptors (Lipinski definition) is 3. The van der Waals surface area contributed by atoms with Crippen LogP contribution in [0.5, 0.6) is 0 Å². The monoisotopic (exact) mass is 427 g/mol. The molecule has 0 saturated carbocycles. The van der Waals surface area contributed by atoms with Gasteiger partial charge in [0.1, 0.15) is 3.92 Å². The van der Waals surface area contributed by atoms with Crippen molar-refractivity contribution in [1.82, 2.24) is 5.32 Å². The van der Waals surface area contributed by atoms with E-state index >= 15 is 0 Å². The van der Waals surface area contributed by atoms with Gasteiger partial charge in [-0.05, 0) is 35.7 Å². The van der Waals surface area contributed by atoms with Crippen molar-refractivity contribution in [3.05, 3.63) is 47.5 Å². The van der Waals surface area contributed by atoms with E-state index in [1.807, 2.05) is 26.0 Å². The maximum Gasteiger partial charge on any atom is 0.237 e. The molecule has 5 heteroatoms. The van der Waals surface area contributed by atoms with Crippen molar-refractivity contribution < 1.29 is 14.3 Å². The Balaban J connectivity index is 2.28. The summed E-state index contributed by atoms with van der Waals surface area (Å²) < 4.78 is 10.1. The minimum absolute atomic E-state index is 0.0448. The summed E-state index contributed by atoms with van der Waals surface area (Å²) in [5.74, 6) is -0.0448. The van der Waals surface area contributed by atoms with Crippen LogP contribution in [-0.2, 0) is 14.3 Å². The molecule has 0 spiro atoms. The normalized spacial score (nSPS) is 14.0. The van der Waals surface area contributed by atoms with Crippen LogP contribution in [0.1, 0.15) is 22.0 Å². The van der Waals surface area contributed by atoms with Gasteiger partial charge >= 0.3 is 0 Å². The standard InChI is InChI=1S/C18H22INO3/c1-11-9-10-13-7-5-6-8-14(13)15(11)16(19)17(21)20-12(2)18(22-3)23-4/h5-10,12,16,18H,1-4H3,(H,20,21). The van der Waals surface area contributed by atoms with E-state index in [2.05, 4.69) is 52.2 Å². The number of fused-ring (bicyclic) bond motifs is 1. The van der Waals surface area contributed by atoms with Gasteiger partial charge in [0.25, 0.3) is 0 Å². The van der Waals surface area contributed by atoms with Crippen molar-refractivity contribution >= 4 is 39.3 Å². The Bertz CT molecular complexity index is 685. The summed E-state index contributed by atoms with van der Waals surface area (Å²) in [5, 5.41) is 5.23. The predicted octanol–water partition coefficient (Wildman–Crippen LogP) is 3.75. The first-order valence-electron chi connectivity index (χ1n) is 7.47.